The molecule has 2 rings (SSSR count). The van der Waals surface area contributed by atoms with Crippen LogP contribution >= 0.6 is 0 Å². The Labute approximate surface area is 182 Å². The number of nitrogens with one attached hydrogen (secondary N) is 1. The third-order valence-electron chi connectivity index (χ3n) is 4.43. The van der Waals surface area contributed by atoms with Gasteiger partial charge in [-0.2, -0.15) is 0 Å². The molecule has 0 atom stereocenters. The molecule has 166 valence electrons. The minimum atomic E-state index is -0.594. The van der Waals surface area contributed by atoms with Gasteiger partial charge in [-0.15, -0.1) is 0 Å². The average molecular weight is 427 g/mol. The fourth-order valence-electron chi connectivity index (χ4n) is 2.71. The van der Waals surface area contributed by atoms with Crippen molar-refractivity contribution < 1.29 is 28.6 Å². The Morgan fingerprint density at radius 1 is 0.935 bits per heavy atom. The van der Waals surface area contributed by atoms with Crippen molar-refractivity contribution >= 4 is 17.7 Å². The summed E-state index contributed by atoms with van der Waals surface area (Å²) in [6, 6.07) is 11.7. The van der Waals surface area contributed by atoms with Crippen LogP contribution in [0, 0.1) is 0 Å². The van der Waals surface area contributed by atoms with Crippen LogP contribution in [0.3, 0.4) is 0 Å². The highest BCUT2D eigenvalue weighted by Crippen LogP contribution is 2.22. The highest BCUT2D eigenvalue weighted by molar-refractivity contribution is 5.96. The maximum absolute atomic E-state index is 12.2. The first kappa shape index (κ1) is 23.9. The molecule has 0 radical (unpaired) electrons. The van der Waals surface area contributed by atoms with Crippen LogP contribution in [0.15, 0.2) is 42.5 Å². The first-order valence-corrected chi connectivity index (χ1v) is 10.4. The Kier molecular flexibility index (Phi) is 9.55. The number of unbranched alkanes of at least 4 members (excludes halogenated alkanes) is 1. The molecule has 0 bridgehead atoms. The van der Waals surface area contributed by atoms with Crippen LogP contribution in [0.2, 0.25) is 0 Å². The maximum atomic E-state index is 12.2. The number of benzene rings is 2. The Balaban J connectivity index is 1.86. The zero-order valence-electron chi connectivity index (χ0n) is 18.2. The monoisotopic (exact) mass is 427 g/mol. The van der Waals surface area contributed by atoms with Gasteiger partial charge in [-0.05, 0) is 62.7 Å². The van der Waals surface area contributed by atoms with Crippen LogP contribution < -0.4 is 14.8 Å². The van der Waals surface area contributed by atoms with E-state index in [4.69, 9.17) is 14.2 Å². The Hall–Kier alpha value is -3.35. The fraction of sp³-hybridized carbons (Fsp3) is 0.375. The fourth-order valence-corrected chi connectivity index (χ4v) is 2.71. The number of ketones is 1. The summed E-state index contributed by atoms with van der Waals surface area (Å²) in [5.74, 6) is 0.173. The predicted octanol–water partition coefficient (Wildman–Crippen LogP) is 3.94. The molecule has 0 fully saturated rings. The van der Waals surface area contributed by atoms with E-state index >= 15 is 0 Å². The Morgan fingerprint density at radius 3 is 2.29 bits per heavy atom. The summed E-state index contributed by atoms with van der Waals surface area (Å²) in [5.41, 5.74) is 1.52. The molecule has 7 nitrogen and oxygen atoms in total. The van der Waals surface area contributed by atoms with Crippen LogP contribution in [0.4, 0.5) is 0 Å². The van der Waals surface area contributed by atoms with Gasteiger partial charge in [0.1, 0.15) is 24.7 Å². The molecule has 31 heavy (non-hydrogen) atoms. The van der Waals surface area contributed by atoms with Crippen molar-refractivity contribution in [3.05, 3.63) is 59.2 Å². The number of hydrogen-bond acceptors (Lipinski definition) is 6. The second-order valence-electron chi connectivity index (χ2n) is 6.88. The number of esters is 1. The molecule has 0 aliphatic carbocycles. The van der Waals surface area contributed by atoms with Gasteiger partial charge in [0.15, 0.2) is 5.78 Å². The predicted molar refractivity (Wildman–Crippen MR) is 117 cm³/mol. The van der Waals surface area contributed by atoms with E-state index in [1.807, 2.05) is 6.92 Å². The van der Waals surface area contributed by atoms with Crippen LogP contribution in [0.25, 0.3) is 0 Å². The standard InChI is InChI=1S/C24H29NO6/c1-4-6-13-30-21-10-7-18(8-11-21)24(28)25-15-23(27)31-16-20-14-19(17(3)26)9-12-22(20)29-5-2/h7-12,14H,4-6,13,15-16H2,1-3H3,(H,25,28). The third kappa shape index (κ3) is 7.77. The summed E-state index contributed by atoms with van der Waals surface area (Å²) < 4.78 is 16.3. The molecule has 0 heterocycles. The molecule has 0 aliphatic rings. The van der Waals surface area contributed by atoms with E-state index in [2.05, 4.69) is 12.2 Å². The molecule has 0 aliphatic heterocycles. The van der Waals surface area contributed by atoms with E-state index in [1.54, 1.807) is 42.5 Å². The SMILES string of the molecule is CCCCOc1ccc(C(=O)NCC(=O)OCc2cc(C(C)=O)ccc2OCC)cc1. The average Bonchev–Trinajstić information content (AvgIpc) is 2.77. The normalized spacial score (nSPS) is 10.3. The van der Waals surface area contributed by atoms with Gasteiger partial charge in [0.2, 0.25) is 0 Å². The van der Waals surface area contributed by atoms with Crippen LogP contribution in [0.1, 0.15) is 59.9 Å². The lowest BCUT2D eigenvalue weighted by atomic mass is 10.1. The van der Waals surface area contributed by atoms with E-state index in [1.165, 1.54) is 6.92 Å². The first-order chi connectivity index (χ1) is 14.9. The number of rotatable bonds is 12. The molecule has 0 unspecified atom stereocenters. The van der Waals surface area contributed by atoms with Crippen LogP contribution in [0.5, 0.6) is 11.5 Å². The van der Waals surface area contributed by atoms with Gasteiger partial charge in [0.05, 0.1) is 13.2 Å². The van der Waals surface area contributed by atoms with Gasteiger partial charge < -0.3 is 19.5 Å². The molecular formula is C24H29NO6. The summed E-state index contributed by atoms with van der Waals surface area (Å²) >= 11 is 0. The van der Waals surface area contributed by atoms with Gasteiger partial charge in [-0.1, -0.05) is 13.3 Å². The van der Waals surface area contributed by atoms with E-state index in [9.17, 15) is 14.4 Å². The van der Waals surface area contributed by atoms with Gasteiger partial charge in [0, 0.05) is 16.7 Å². The molecule has 7 heteroatoms. The summed E-state index contributed by atoms with van der Waals surface area (Å²) in [4.78, 5) is 35.9. The highest BCUT2D eigenvalue weighted by atomic mass is 16.5. The van der Waals surface area contributed by atoms with Crippen molar-refractivity contribution in [1.82, 2.24) is 5.32 Å². The summed E-state index contributed by atoms with van der Waals surface area (Å²) in [6.07, 6.45) is 2.02. The minimum Gasteiger partial charge on any atom is -0.494 e. The number of ether oxygens (including phenoxy) is 3. The molecule has 0 saturated carbocycles. The van der Waals surface area contributed by atoms with Crippen molar-refractivity contribution in [2.75, 3.05) is 19.8 Å². The van der Waals surface area contributed by atoms with Gasteiger partial charge >= 0.3 is 5.97 Å². The van der Waals surface area contributed by atoms with Crippen molar-refractivity contribution in [3.8, 4) is 11.5 Å². The Bertz CT molecular complexity index is 891. The second kappa shape index (κ2) is 12.4. The lowest BCUT2D eigenvalue weighted by Gasteiger charge is -2.12. The van der Waals surface area contributed by atoms with Crippen molar-refractivity contribution in [2.24, 2.45) is 0 Å². The molecule has 2 aromatic carbocycles. The summed E-state index contributed by atoms with van der Waals surface area (Å²) in [5, 5.41) is 2.54. The molecule has 1 N–H and O–H groups in total. The highest BCUT2D eigenvalue weighted by Gasteiger charge is 2.12. The zero-order valence-corrected chi connectivity index (χ0v) is 18.2. The van der Waals surface area contributed by atoms with Crippen molar-refractivity contribution in [3.63, 3.8) is 0 Å². The van der Waals surface area contributed by atoms with Crippen molar-refractivity contribution in [2.45, 2.75) is 40.2 Å². The van der Waals surface area contributed by atoms with Gasteiger partial charge in [0.25, 0.3) is 5.91 Å². The van der Waals surface area contributed by atoms with E-state index < -0.39 is 5.97 Å². The second-order valence-corrected chi connectivity index (χ2v) is 6.88. The lowest BCUT2D eigenvalue weighted by molar-refractivity contribution is -0.143. The lowest BCUT2D eigenvalue weighted by Crippen LogP contribution is -2.30. The summed E-state index contributed by atoms with van der Waals surface area (Å²) in [7, 11) is 0. The number of carbonyl (C=O) groups excluding carboxylic acids is 3. The first-order valence-electron chi connectivity index (χ1n) is 10.4. The molecule has 2 aromatic rings. The Morgan fingerprint density at radius 2 is 1.65 bits per heavy atom. The van der Waals surface area contributed by atoms with Crippen LogP contribution in [-0.2, 0) is 16.1 Å². The number of hydrogen-bond donors (Lipinski definition) is 1. The number of amides is 1. The van der Waals surface area contributed by atoms with Crippen LogP contribution in [-0.4, -0.2) is 37.4 Å². The molecule has 0 aromatic heterocycles. The summed E-state index contributed by atoms with van der Waals surface area (Å²) in [6.45, 7) is 6.13. The van der Waals surface area contributed by atoms with E-state index in [-0.39, 0.29) is 24.8 Å². The number of Topliss-reactive ketones (excluding diaryl/α,β-unsaturated/α-hetero) is 1. The molecule has 1 amide bonds. The zero-order chi connectivity index (χ0) is 22.6. The van der Waals surface area contributed by atoms with E-state index in [0.717, 1.165) is 12.8 Å². The largest absolute Gasteiger partial charge is 0.494 e. The van der Waals surface area contributed by atoms with Gasteiger partial charge in [-0.3, -0.25) is 14.4 Å². The van der Waals surface area contributed by atoms with Crippen molar-refractivity contribution in [1.29, 1.82) is 0 Å². The molecular weight excluding hydrogens is 398 g/mol. The number of carbonyl (C=O) groups is 3. The van der Waals surface area contributed by atoms with E-state index in [0.29, 0.717) is 41.4 Å². The smallest absolute Gasteiger partial charge is 0.325 e. The third-order valence-corrected chi connectivity index (χ3v) is 4.43. The maximum Gasteiger partial charge on any atom is 0.325 e. The minimum absolute atomic E-state index is 0.0606. The molecule has 0 spiro atoms. The molecule has 0 saturated heterocycles. The quantitative estimate of drug-likeness (QED) is 0.313. The topological polar surface area (TPSA) is 90.9 Å². The van der Waals surface area contributed by atoms with Gasteiger partial charge in [-0.25, -0.2) is 0 Å².